The first-order valence-corrected chi connectivity index (χ1v) is 8.40. The third kappa shape index (κ3) is 5.41. The topological polar surface area (TPSA) is 6.48 Å². The summed E-state index contributed by atoms with van der Waals surface area (Å²) in [5, 5.41) is 0. The van der Waals surface area contributed by atoms with Gasteiger partial charge in [-0.15, -0.1) is 0 Å². The van der Waals surface area contributed by atoms with Crippen LogP contribution in [0.2, 0.25) is 0 Å². The fourth-order valence-corrected chi connectivity index (χ4v) is 2.41. The lowest BCUT2D eigenvalue weighted by Gasteiger charge is -2.19. The highest BCUT2D eigenvalue weighted by Gasteiger charge is 2.00. The van der Waals surface area contributed by atoms with Crippen LogP contribution in [0.3, 0.4) is 0 Å². The van der Waals surface area contributed by atoms with Gasteiger partial charge in [0.2, 0.25) is 0 Å². The molecule has 0 aliphatic rings. The molecule has 0 saturated carbocycles. The van der Waals surface area contributed by atoms with Crippen molar-refractivity contribution < 1.29 is 0 Å². The van der Waals surface area contributed by atoms with Crippen LogP contribution in [0.1, 0.15) is 13.8 Å². The molecule has 0 aliphatic heterocycles. The predicted molar refractivity (Wildman–Crippen MR) is 104 cm³/mol. The Morgan fingerprint density at radius 2 is 1.00 bits per heavy atom. The Kier molecular flexibility index (Phi) is 7.32. The summed E-state index contributed by atoms with van der Waals surface area (Å²) in [6, 6.07) is 20.7. The van der Waals surface area contributed by atoms with Gasteiger partial charge in [-0.25, -0.2) is 0 Å². The summed E-state index contributed by atoms with van der Waals surface area (Å²) in [5.41, 5.74) is 2.40. The van der Waals surface area contributed by atoms with Gasteiger partial charge >= 0.3 is 0 Å². The largest absolute Gasteiger partial charge is 0.361 e. The maximum Gasteiger partial charge on any atom is 0.0804 e. The number of anilines is 2. The molecule has 0 fully saturated rings. The second kappa shape index (κ2) is 10.0. The van der Waals surface area contributed by atoms with Crippen molar-refractivity contribution in [2.75, 3.05) is 36.0 Å². The molecule has 122 valence electrons. The Morgan fingerprint density at radius 3 is 1.33 bits per heavy atom. The van der Waals surface area contributed by atoms with Gasteiger partial charge in [-0.05, 0) is 50.0 Å². The molecular formula is C22H24N2. The van der Waals surface area contributed by atoms with Gasteiger partial charge in [-0.1, -0.05) is 48.2 Å². The Morgan fingerprint density at radius 1 is 0.625 bits per heavy atom. The summed E-state index contributed by atoms with van der Waals surface area (Å²) in [6.45, 7) is 7.54. The van der Waals surface area contributed by atoms with Crippen LogP contribution in [-0.4, -0.2) is 26.2 Å². The van der Waals surface area contributed by atoms with E-state index in [1.165, 1.54) is 11.4 Å². The minimum Gasteiger partial charge on any atom is -0.361 e. The maximum absolute atomic E-state index is 3.15. The Bertz CT molecular complexity index is 649. The lowest BCUT2D eigenvalue weighted by molar-refractivity contribution is 0.917. The average Bonchev–Trinajstić information content (AvgIpc) is 2.66. The van der Waals surface area contributed by atoms with E-state index in [0.717, 1.165) is 13.1 Å². The van der Waals surface area contributed by atoms with Crippen molar-refractivity contribution in [3.05, 3.63) is 60.7 Å². The summed E-state index contributed by atoms with van der Waals surface area (Å²) in [4.78, 5) is 4.47. The molecule has 0 bridgehead atoms. The summed E-state index contributed by atoms with van der Waals surface area (Å²) >= 11 is 0. The monoisotopic (exact) mass is 316 g/mol. The second-order valence-electron chi connectivity index (χ2n) is 5.30. The molecule has 0 aliphatic carbocycles. The number of hydrogen-bond acceptors (Lipinski definition) is 2. The molecule has 0 heterocycles. The zero-order valence-corrected chi connectivity index (χ0v) is 14.5. The van der Waals surface area contributed by atoms with E-state index >= 15 is 0 Å². The van der Waals surface area contributed by atoms with Crippen LogP contribution in [-0.2, 0) is 0 Å². The predicted octanol–water partition coefficient (Wildman–Crippen LogP) is 4.05. The minimum absolute atomic E-state index is 0.700. The molecule has 0 radical (unpaired) electrons. The SMILES string of the molecule is CCN(CC#CC#CCN(CC)c1ccccc1)c1ccccc1. The Labute approximate surface area is 146 Å². The van der Waals surface area contributed by atoms with Crippen molar-refractivity contribution in [2.45, 2.75) is 13.8 Å². The number of para-hydroxylation sites is 2. The van der Waals surface area contributed by atoms with Gasteiger partial charge in [0, 0.05) is 24.5 Å². The quantitative estimate of drug-likeness (QED) is 0.742. The molecule has 0 aromatic heterocycles. The molecule has 2 aromatic carbocycles. The van der Waals surface area contributed by atoms with E-state index in [-0.39, 0.29) is 0 Å². The average molecular weight is 316 g/mol. The summed E-state index contributed by atoms with van der Waals surface area (Å²) in [6.07, 6.45) is 0. The van der Waals surface area contributed by atoms with Gasteiger partial charge in [0.05, 0.1) is 13.1 Å². The summed E-state index contributed by atoms with van der Waals surface area (Å²) < 4.78 is 0. The highest BCUT2D eigenvalue weighted by molar-refractivity contribution is 5.48. The highest BCUT2D eigenvalue weighted by atomic mass is 15.1. The Balaban J connectivity index is 1.88. The first kappa shape index (κ1) is 17.5. The van der Waals surface area contributed by atoms with Crippen LogP contribution in [0, 0.1) is 23.7 Å². The fourth-order valence-electron chi connectivity index (χ4n) is 2.41. The van der Waals surface area contributed by atoms with Crippen molar-refractivity contribution in [2.24, 2.45) is 0 Å². The third-order valence-electron chi connectivity index (χ3n) is 3.79. The van der Waals surface area contributed by atoms with Crippen molar-refractivity contribution in [1.82, 2.24) is 0 Å². The van der Waals surface area contributed by atoms with Gasteiger partial charge in [0.1, 0.15) is 0 Å². The van der Waals surface area contributed by atoms with Crippen molar-refractivity contribution in [3.63, 3.8) is 0 Å². The molecule has 0 unspecified atom stereocenters. The molecule has 0 amide bonds. The Hall–Kier alpha value is -2.84. The third-order valence-corrected chi connectivity index (χ3v) is 3.79. The van der Waals surface area contributed by atoms with Gasteiger partial charge in [-0.2, -0.15) is 0 Å². The van der Waals surface area contributed by atoms with Crippen LogP contribution < -0.4 is 9.80 Å². The van der Waals surface area contributed by atoms with Crippen LogP contribution in [0.4, 0.5) is 11.4 Å². The maximum atomic E-state index is 3.15. The van der Waals surface area contributed by atoms with Crippen molar-refractivity contribution >= 4 is 11.4 Å². The van der Waals surface area contributed by atoms with Crippen LogP contribution in [0.15, 0.2) is 60.7 Å². The molecule has 0 N–H and O–H groups in total. The van der Waals surface area contributed by atoms with Gasteiger partial charge < -0.3 is 9.80 Å². The van der Waals surface area contributed by atoms with Crippen LogP contribution in [0.25, 0.3) is 0 Å². The number of benzene rings is 2. The number of hydrogen-bond donors (Lipinski definition) is 0. The van der Waals surface area contributed by atoms with Gasteiger partial charge in [-0.3, -0.25) is 0 Å². The van der Waals surface area contributed by atoms with E-state index in [2.05, 4.69) is 71.6 Å². The van der Waals surface area contributed by atoms with Crippen molar-refractivity contribution in [3.8, 4) is 23.7 Å². The molecule has 24 heavy (non-hydrogen) atoms. The van der Waals surface area contributed by atoms with Crippen LogP contribution in [0.5, 0.6) is 0 Å². The highest BCUT2D eigenvalue weighted by Crippen LogP contribution is 2.12. The summed E-state index contributed by atoms with van der Waals surface area (Å²) in [5.74, 6) is 12.2. The minimum atomic E-state index is 0.700. The zero-order valence-electron chi connectivity index (χ0n) is 14.5. The second-order valence-corrected chi connectivity index (χ2v) is 5.30. The number of rotatable bonds is 6. The lowest BCUT2D eigenvalue weighted by atomic mass is 10.3. The zero-order chi connectivity index (χ0) is 17.0. The van der Waals surface area contributed by atoms with Crippen LogP contribution >= 0.6 is 0 Å². The van der Waals surface area contributed by atoms with E-state index in [9.17, 15) is 0 Å². The molecule has 0 atom stereocenters. The van der Waals surface area contributed by atoms with E-state index in [0.29, 0.717) is 13.1 Å². The molecule has 2 nitrogen and oxygen atoms in total. The first-order valence-electron chi connectivity index (χ1n) is 8.40. The van der Waals surface area contributed by atoms with Gasteiger partial charge in [0.15, 0.2) is 0 Å². The van der Waals surface area contributed by atoms with E-state index in [1.54, 1.807) is 0 Å². The molecular weight excluding hydrogens is 292 g/mol. The molecule has 2 heteroatoms. The normalized spacial score (nSPS) is 9.25. The molecule has 2 rings (SSSR count). The van der Waals surface area contributed by atoms with Gasteiger partial charge in [0.25, 0.3) is 0 Å². The standard InChI is InChI=1S/C22H24N2/c1-3-23(21-15-9-7-10-16-21)19-13-5-6-14-20-24(4-2)22-17-11-8-12-18-22/h7-12,15-18H,3-4,19-20H2,1-2H3. The molecule has 2 aromatic rings. The van der Waals surface area contributed by atoms with E-state index in [4.69, 9.17) is 0 Å². The summed E-state index contributed by atoms with van der Waals surface area (Å²) in [7, 11) is 0. The molecule has 0 spiro atoms. The van der Waals surface area contributed by atoms with E-state index < -0.39 is 0 Å². The molecule has 0 saturated heterocycles. The fraction of sp³-hybridized carbons (Fsp3) is 0.273. The van der Waals surface area contributed by atoms with E-state index in [1.807, 2.05) is 36.4 Å². The van der Waals surface area contributed by atoms with Crippen molar-refractivity contribution in [1.29, 1.82) is 0 Å². The number of nitrogens with zero attached hydrogens (tertiary/aromatic N) is 2. The lowest BCUT2D eigenvalue weighted by Crippen LogP contribution is -2.22. The first-order chi connectivity index (χ1) is 11.8. The smallest absolute Gasteiger partial charge is 0.0804 e.